The van der Waals surface area contributed by atoms with Crippen LogP contribution < -0.4 is 4.74 Å². The van der Waals surface area contributed by atoms with Crippen molar-refractivity contribution >= 4 is 38.7 Å². The van der Waals surface area contributed by atoms with E-state index in [2.05, 4.69) is 56.1 Å². The number of benzene rings is 2. The molecule has 1 N–H and O–H groups in total. The predicted molar refractivity (Wildman–Crippen MR) is 126 cm³/mol. The number of aliphatic imine (C=N–C) groups is 1. The largest absolute Gasteiger partial charge is 0.497 e. The lowest BCUT2D eigenvalue weighted by Gasteiger charge is -2.48. The van der Waals surface area contributed by atoms with E-state index in [1.807, 2.05) is 12.1 Å². The van der Waals surface area contributed by atoms with Crippen LogP contribution in [0.1, 0.15) is 24.0 Å². The summed E-state index contributed by atoms with van der Waals surface area (Å²) in [6.07, 6.45) is 2.25. The Balaban J connectivity index is 1.28. The summed E-state index contributed by atoms with van der Waals surface area (Å²) < 4.78 is 6.31. The monoisotopic (exact) mass is 484 g/mol. The van der Waals surface area contributed by atoms with E-state index in [4.69, 9.17) is 15.1 Å². The van der Waals surface area contributed by atoms with Gasteiger partial charge in [-0.3, -0.25) is 15.3 Å². The first-order valence-electron chi connectivity index (χ1n) is 10.3. The number of methoxy groups -OCH3 is 1. The summed E-state index contributed by atoms with van der Waals surface area (Å²) in [5.41, 5.74) is 2.67. The van der Waals surface area contributed by atoms with Gasteiger partial charge in [-0.2, -0.15) is 0 Å². The Morgan fingerprint density at radius 3 is 2.67 bits per heavy atom. The molecular weight excluding hydrogens is 460 g/mol. The summed E-state index contributed by atoms with van der Waals surface area (Å²) in [5, 5.41) is 9.21. The van der Waals surface area contributed by atoms with Crippen LogP contribution in [0.2, 0.25) is 0 Å². The third-order valence-corrected chi connectivity index (χ3v) is 7.90. The van der Waals surface area contributed by atoms with Gasteiger partial charge in [0.1, 0.15) is 11.6 Å². The molecule has 1 spiro atoms. The Morgan fingerprint density at radius 2 is 1.93 bits per heavy atom. The molecule has 0 amide bonds. The van der Waals surface area contributed by atoms with Gasteiger partial charge in [0.2, 0.25) is 0 Å². The van der Waals surface area contributed by atoms with Gasteiger partial charge in [-0.05, 0) is 61.8 Å². The molecule has 156 valence electrons. The van der Waals surface area contributed by atoms with E-state index in [1.165, 1.54) is 5.56 Å². The third kappa shape index (κ3) is 3.79. The normalized spacial score (nSPS) is 20.5. The second kappa shape index (κ2) is 8.02. The lowest BCUT2D eigenvalue weighted by Crippen LogP contribution is -2.54. The average Bonchev–Trinajstić information content (AvgIpc) is 2.76. The number of thioether (sulfide) groups is 1. The average molecular weight is 485 g/mol. The number of rotatable bonds is 3. The minimum Gasteiger partial charge on any atom is -0.497 e. The van der Waals surface area contributed by atoms with Gasteiger partial charge >= 0.3 is 0 Å². The highest BCUT2D eigenvalue weighted by atomic mass is 79.9. The summed E-state index contributed by atoms with van der Waals surface area (Å²) in [7, 11) is 1.70. The molecular formula is C23H25BrN4OS. The molecule has 1 fully saturated rings. The molecule has 3 aliphatic rings. The van der Waals surface area contributed by atoms with Gasteiger partial charge in [-0.15, -0.1) is 0 Å². The molecule has 0 saturated carbocycles. The number of ether oxygens (including phenoxy) is 1. The Bertz CT molecular complexity index is 999. The first kappa shape index (κ1) is 20.1. The Morgan fingerprint density at radius 1 is 1.17 bits per heavy atom. The molecule has 0 unspecified atom stereocenters. The fourth-order valence-electron chi connectivity index (χ4n) is 4.60. The maximum absolute atomic E-state index is 8.61. The number of piperidine rings is 1. The summed E-state index contributed by atoms with van der Waals surface area (Å²) in [6, 6.07) is 14.7. The van der Waals surface area contributed by atoms with Crippen LogP contribution in [0.25, 0.3) is 0 Å². The highest BCUT2D eigenvalue weighted by Gasteiger charge is 2.42. The molecule has 2 aromatic carbocycles. The number of hydrogen-bond acceptors (Lipinski definition) is 5. The summed E-state index contributed by atoms with van der Waals surface area (Å²) in [6.45, 7) is 4.90. The number of fused-ring (bicyclic) bond motifs is 3. The molecule has 3 heterocycles. The van der Waals surface area contributed by atoms with Gasteiger partial charge in [-0.1, -0.05) is 39.8 Å². The molecule has 3 aliphatic heterocycles. The van der Waals surface area contributed by atoms with Crippen LogP contribution in [0.3, 0.4) is 0 Å². The minimum absolute atomic E-state index is 0.180. The number of halogens is 1. The second-order valence-electron chi connectivity index (χ2n) is 8.40. The maximum Gasteiger partial charge on any atom is 0.166 e. The maximum atomic E-state index is 8.61. The van der Waals surface area contributed by atoms with Crippen molar-refractivity contribution < 1.29 is 4.74 Å². The van der Waals surface area contributed by atoms with Crippen LogP contribution in [0.5, 0.6) is 5.75 Å². The van der Waals surface area contributed by atoms with Crippen molar-refractivity contribution in [2.24, 2.45) is 10.4 Å². The van der Waals surface area contributed by atoms with Gasteiger partial charge in [0.25, 0.3) is 0 Å². The molecule has 7 heteroatoms. The lowest BCUT2D eigenvalue weighted by molar-refractivity contribution is 0.0894. The van der Waals surface area contributed by atoms with E-state index in [0.717, 1.165) is 72.1 Å². The molecule has 0 aromatic heterocycles. The lowest BCUT2D eigenvalue weighted by atomic mass is 9.76. The minimum atomic E-state index is 0.180. The Hall–Kier alpha value is -1.83. The van der Waals surface area contributed by atoms with Crippen LogP contribution in [-0.2, 0) is 6.54 Å². The van der Waals surface area contributed by atoms with Crippen LogP contribution in [0.4, 0.5) is 0 Å². The number of amidine groups is 2. The smallest absolute Gasteiger partial charge is 0.166 e. The van der Waals surface area contributed by atoms with E-state index < -0.39 is 0 Å². The molecule has 0 bridgehead atoms. The van der Waals surface area contributed by atoms with Gasteiger partial charge in [0.05, 0.1) is 7.11 Å². The quantitative estimate of drug-likeness (QED) is 0.676. The van der Waals surface area contributed by atoms with Crippen molar-refractivity contribution in [3.8, 4) is 5.75 Å². The molecule has 0 radical (unpaired) electrons. The van der Waals surface area contributed by atoms with Crippen LogP contribution in [0.15, 0.2) is 56.8 Å². The third-order valence-electron chi connectivity index (χ3n) is 6.43. The van der Waals surface area contributed by atoms with Gasteiger partial charge in [0, 0.05) is 40.0 Å². The van der Waals surface area contributed by atoms with Crippen molar-refractivity contribution in [1.29, 1.82) is 5.41 Å². The van der Waals surface area contributed by atoms with Crippen molar-refractivity contribution in [3.63, 3.8) is 0 Å². The van der Waals surface area contributed by atoms with Crippen LogP contribution >= 0.6 is 27.7 Å². The van der Waals surface area contributed by atoms with Gasteiger partial charge in [0.15, 0.2) is 5.17 Å². The van der Waals surface area contributed by atoms with Crippen LogP contribution in [0, 0.1) is 10.8 Å². The van der Waals surface area contributed by atoms with E-state index in [9.17, 15) is 0 Å². The molecule has 5 rings (SSSR count). The van der Waals surface area contributed by atoms with E-state index in [0.29, 0.717) is 5.17 Å². The number of likely N-dealkylation sites (tertiary alicyclic amines) is 1. The fourth-order valence-corrected chi connectivity index (χ4v) is 6.04. The summed E-state index contributed by atoms with van der Waals surface area (Å²) in [5.74, 6) is 1.88. The zero-order chi connectivity index (χ0) is 20.7. The van der Waals surface area contributed by atoms with Crippen molar-refractivity contribution in [3.05, 3.63) is 58.1 Å². The van der Waals surface area contributed by atoms with Crippen LogP contribution in [-0.4, -0.2) is 54.1 Å². The topological polar surface area (TPSA) is 51.9 Å². The zero-order valence-electron chi connectivity index (χ0n) is 17.0. The molecule has 30 heavy (non-hydrogen) atoms. The standard InChI is InChI=1S/C23H25BrN4OS/c1-29-18-5-2-16(3-6-18)13-27-10-8-23(9-11-27)14-26-21-19-7-4-17(24)12-20(19)30-22(25)28(21)15-23/h2-7,12,25H,8-11,13-15H2,1H3. The summed E-state index contributed by atoms with van der Waals surface area (Å²) >= 11 is 5.09. The molecule has 0 atom stereocenters. The van der Waals surface area contributed by atoms with E-state index in [1.54, 1.807) is 18.9 Å². The number of hydrogen-bond donors (Lipinski definition) is 1. The molecule has 1 saturated heterocycles. The van der Waals surface area contributed by atoms with Crippen molar-refractivity contribution in [1.82, 2.24) is 9.80 Å². The zero-order valence-corrected chi connectivity index (χ0v) is 19.4. The first-order valence-corrected chi connectivity index (χ1v) is 11.9. The fraction of sp³-hybridized carbons (Fsp3) is 0.391. The van der Waals surface area contributed by atoms with Gasteiger partial charge in [-0.25, -0.2) is 0 Å². The Labute approximate surface area is 190 Å². The SMILES string of the molecule is COc1ccc(CN2CCC3(CC2)CN=C2c4ccc(Br)cc4SC(=N)N2C3)cc1. The highest BCUT2D eigenvalue weighted by Crippen LogP contribution is 2.41. The Kier molecular flexibility index (Phi) is 5.37. The number of nitrogens with one attached hydrogen (secondary N) is 1. The molecule has 2 aromatic rings. The van der Waals surface area contributed by atoms with Crippen molar-refractivity contribution in [2.45, 2.75) is 24.3 Å². The molecule has 5 nitrogen and oxygen atoms in total. The predicted octanol–water partition coefficient (Wildman–Crippen LogP) is 4.84. The van der Waals surface area contributed by atoms with Gasteiger partial charge < -0.3 is 9.64 Å². The number of nitrogens with zero attached hydrogens (tertiary/aromatic N) is 3. The van der Waals surface area contributed by atoms with E-state index in [-0.39, 0.29) is 5.41 Å². The highest BCUT2D eigenvalue weighted by molar-refractivity contribution is 9.10. The van der Waals surface area contributed by atoms with Crippen molar-refractivity contribution in [2.75, 3.05) is 33.3 Å². The first-order chi connectivity index (χ1) is 14.5. The second-order valence-corrected chi connectivity index (χ2v) is 10.3. The summed E-state index contributed by atoms with van der Waals surface area (Å²) in [4.78, 5) is 10.8. The molecule has 0 aliphatic carbocycles. The van der Waals surface area contributed by atoms with E-state index >= 15 is 0 Å².